The Morgan fingerprint density at radius 2 is 1.71 bits per heavy atom. The molecule has 1 atom stereocenters. The first-order valence-electron chi connectivity index (χ1n) is 13.9. The summed E-state index contributed by atoms with van der Waals surface area (Å²) < 4.78 is 69.9. The summed E-state index contributed by atoms with van der Waals surface area (Å²) in [6.07, 6.45) is -5.24. The highest BCUT2D eigenvalue weighted by Gasteiger charge is 2.36. The lowest BCUT2D eigenvalue weighted by Crippen LogP contribution is -2.50. The van der Waals surface area contributed by atoms with Crippen LogP contribution in [0.4, 0.5) is 35.2 Å². The first-order chi connectivity index (χ1) is 21.2. The number of halogens is 3. The van der Waals surface area contributed by atoms with Gasteiger partial charge in [-0.25, -0.2) is 13.3 Å². The van der Waals surface area contributed by atoms with E-state index in [1.165, 1.54) is 23.9 Å². The van der Waals surface area contributed by atoms with Gasteiger partial charge < -0.3 is 19.9 Å². The van der Waals surface area contributed by atoms with Crippen LogP contribution in [0.15, 0.2) is 65.6 Å². The maximum Gasteiger partial charge on any atom is 0.418 e. The van der Waals surface area contributed by atoms with Crippen LogP contribution in [0.5, 0.6) is 0 Å². The van der Waals surface area contributed by atoms with Gasteiger partial charge in [0.2, 0.25) is 0 Å². The molecule has 2 amide bonds. The summed E-state index contributed by atoms with van der Waals surface area (Å²) in [7, 11) is 0. The van der Waals surface area contributed by atoms with Gasteiger partial charge in [0.05, 0.1) is 11.3 Å². The van der Waals surface area contributed by atoms with Gasteiger partial charge in [0.25, 0.3) is 17.2 Å². The van der Waals surface area contributed by atoms with Gasteiger partial charge in [-0.15, -0.1) is 22.0 Å². The Balaban J connectivity index is 1.44. The SMILES string of the molecule is CC(C)(C)OC(=O)N1CCN(c2ccc(C(=O)N(c3ccc(NCCSc4ccccc4)c(C(F)(F)F)c3)S(=O)O)nn2)CC1. The van der Waals surface area contributed by atoms with Crippen molar-refractivity contribution in [2.75, 3.05) is 53.0 Å². The van der Waals surface area contributed by atoms with E-state index in [-0.39, 0.29) is 17.9 Å². The molecule has 1 fully saturated rings. The van der Waals surface area contributed by atoms with Crippen molar-refractivity contribution in [1.82, 2.24) is 15.1 Å². The van der Waals surface area contributed by atoms with Crippen LogP contribution in [-0.4, -0.2) is 79.9 Å². The van der Waals surface area contributed by atoms with Crippen LogP contribution in [0, 0.1) is 0 Å². The number of nitrogens with one attached hydrogen (secondary N) is 1. The number of rotatable bonds is 9. The predicted molar refractivity (Wildman–Crippen MR) is 167 cm³/mol. The zero-order valence-electron chi connectivity index (χ0n) is 24.8. The van der Waals surface area contributed by atoms with E-state index in [0.717, 1.165) is 17.0 Å². The number of thioether (sulfide) groups is 1. The number of carbonyl (C=O) groups excluding carboxylic acids is 2. The molecule has 11 nitrogen and oxygen atoms in total. The number of nitrogens with zero attached hydrogens (tertiary/aromatic N) is 5. The number of alkyl halides is 3. The van der Waals surface area contributed by atoms with Gasteiger partial charge in [-0.3, -0.25) is 9.35 Å². The Bertz CT molecular complexity index is 1500. The van der Waals surface area contributed by atoms with E-state index in [9.17, 15) is 31.5 Å². The number of anilines is 3. The second-order valence-corrected chi connectivity index (χ2v) is 12.9. The van der Waals surface area contributed by atoms with Gasteiger partial charge in [0.15, 0.2) is 11.5 Å². The maximum atomic E-state index is 14.0. The highest BCUT2D eigenvalue weighted by molar-refractivity contribution is 7.99. The molecule has 1 aliphatic rings. The smallest absolute Gasteiger partial charge is 0.418 e. The number of piperazine rings is 1. The van der Waals surface area contributed by atoms with E-state index >= 15 is 0 Å². The molecule has 2 heterocycles. The van der Waals surface area contributed by atoms with Gasteiger partial charge in [0, 0.05) is 49.1 Å². The fraction of sp³-hybridized carbons (Fsp3) is 0.379. The summed E-state index contributed by atoms with van der Waals surface area (Å²) in [6, 6.07) is 15.1. The Morgan fingerprint density at radius 1 is 1.02 bits per heavy atom. The summed E-state index contributed by atoms with van der Waals surface area (Å²) >= 11 is -1.54. The van der Waals surface area contributed by atoms with Crippen LogP contribution in [-0.2, 0) is 22.2 Å². The first-order valence-corrected chi connectivity index (χ1v) is 15.9. The van der Waals surface area contributed by atoms with Crippen molar-refractivity contribution < 1.29 is 36.3 Å². The van der Waals surface area contributed by atoms with Crippen LogP contribution >= 0.6 is 11.8 Å². The molecule has 0 bridgehead atoms. The molecular formula is C29H33F3N6O5S2. The fourth-order valence-corrected chi connectivity index (χ4v) is 5.67. The highest BCUT2D eigenvalue weighted by Crippen LogP contribution is 2.38. The third-order valence-corrected chi connectivity index (χ3v) is 8.14. The average Bonchev–Trinajstić information content (AvgIpc) is 2.99. The molecule has 45 heavy (non-hydrogen) atoms. The molecule has 0 aliphatic carbocycles. The molecule has 1 aromatic heterocycles. The van der Waals surface area contributed by atoms with Crippen molar-refractivity contribution in [3.63, 3.8) is 0 Å². The van der Waals surface area contributed by atoms with E-state index in [2.05, 4.69) is 15.5 Å². The molecule has 4 rings (SSSR count). The zero-order valence-corrected chi connectivity index (χ0v) is 26.4. The van der Waals surface area contributed by atoms with Crippen LogP contribution in [0.1, 0.15) is 36.8 Å². The van der Waals surface area contributed by atoms with Crippen molar-refractivity contribution in [2.24, 2.45) is 0 Å². The van der Waals surface area contributed by atoms with Crippen LogP contribution < -0.4 is 14.5 Å². The van der Waals surface area contributed by atoms with Gasteiger partial charge in [-0.2, -0.15) is 13.2 Å². The Kier molecular flexibility index (Phi) is 10.9. The Hall–Kier alpha value is -3.89. The van der Waals surface area contributed by atoms with Crippen molar-refractivity contribution in [2.45, 2.75) is 37.4 Å². The van der Waals surface area contributed by atoms with Gasteiger partial charge >= 0.3 is 12.3 Å². The molecule has 1 aliphatic heterocycles. The van der Waals surface area contributed by atoms with Crippen LogP contribution in [0.3, 0.4) is 0 Å². The minimum Gasteiger partial charge on any atom is -0.444 e. The van der Waals surface area contributed by atoms with Crippen molar-refractivity contribution >= 4 is 52.2 Å². The molecule has 1 saturated heterocycles. The molecule has 242 valence electrons. The minimum atomic E-state index is -4.81. The molecule has 0 spiro atoms. The second kappa shape index (κ2) is 14.5. The lowest BCUT2D eigenvalue weighted by atomic mass is 10.1. The second-order valence-electron chi connectivity index (χ2n) is 10.9. The molecular weight excluding hydrogens is 633 g/mol. The zero-order chi connectivity index (χ0) is 32.8. The summed E-state index contributed by atoms with van der Waals surface area (Å²) in [5, 5.41) is 10.7. The molecule has 3 aromatic rings. The van der Waals surface area contributed by atoms with E-state index < -0.39 is 46.3 Å². The van der Waals surface area contributed by atoms with Gasteiger partial charge in [-0.1, -0.05) is 18.2 Å². The fourth-order valence-electron chi connectivity index (χ4n) is 4.35. The van der Waals surface area contributed by atoms with Crippen molar-refractivity contribution in [3.8, 4) is 0 Å². The number of amides is 2. The average molecular weight is 667 g/mol. The van der Waals surface area contributed by atoms with E-state index in [1.807, 2.05) is 35.2 Å². The number of aromatic nitrogens is 2. The largest absolute Gasteiger partial charge is 0.444 e. The number of benzene rings is 2. The number of hydrogen-bond donors (Lipinski definition) is 2. The van der Waals surface area contributed by atoms with Crippen molar-refractivity contribution in [1.29, 1.82) is 0 Å². The monoisotopic (exact) mass is 666 g/mol. The van der Waals surface area contributed by atoms with E-state index in [1.54, 1.807) is 25.7 Å². The lowest BCUT2D eigenvalue weighted by Gasteiger charge is -2.35. The molecule has 1 unspecified atom stereocenters. The maximum absolute atomic E-state index is 14.0. The van der Waals surface area contributed by atoms with Gasteiger partial charge in [-0.05, 0) is 63.2 Å². The quantitative estimate of drug-likeness (QED) is 0.171. The standard InChI is InChI=1S/C29H33F3N6O5S2/c1-28(2,3)43-27(40)37-16-14-36(15-17-37)25-12-11-24(34-35-25)26(39)38(45(41)42)20-9-10-23(22(19-20)29(30,31)32)33-13-18-44-21-7-5-4-6-8-21/h4-12,19,33H,13-18H2,1-3H3,(H,41,42). The number of carbonyl (C=O) groups is 2. The normalized spacial score (nSPS) is 14.6. The lowest BCUT2D eigenvalue weighted by molar-refractivity contribution is -0.136. The summed E-state index contributed by atoms with van der Waals surface area (Å²) in [5.74, 6) is -0.229. The first kappa shape index (κ1) is 34.0. The number of ether oxygens (including phenoxy) is 1. The molecule has 0 radical (unpaired) electrons. The van der Waals surface area contributed by atoms with Gasteiger partial charge in [0.1, 0.15) is 5.60 Å². The Morgan fingerprint density at radius 3 is 2.29 bits per heavy atom. The molecule has 16 heteroatoms. The predicted octanol–water partition coefficient (Wildman–Crippen LogP) is 5.54. The Labute approximate surface area is 265 Å². The summed E-state index contributed by atoms with van der Waals surface area (Å²) in [6.45, 7) is 7.13. The molecule has 0 saturated carbocycles. The molecule has 2 aromatic carbocycles. The molecule has 2 N–H and O–H groups in total. The summed E-state index contributed by atoms with van der Waals surface area (Å²) in [5.41, 5.74) is -2.74. The number of hydrogen-bond acceptors (Lipinski definition) is 9. The van der Waals surface area contributed by atoms with Crippen molar-refractivity contribution in [3.05, 3.63) is 71.9 Å². The van der Waals surface area contributed by atoms with E-state index in [0.29, 0.717) is 48.1 Å². The minimum absolute atomic E-state index is 0.217. The third kappa shape index (κ3) is 9.31. The highest BCUT2D eigenvalue weighted by atomic mass is 32.2. The third-order valence-electron chi connectivity index (χ3n) is 6.44. The van der Waals surface area contributed by atoms with Crippen LogP contribution in [0.2, 0.25) is 0 Å². The van der Waals surface area contributed by atoms with Crippen LogP contribution in [0.25, 0.3) is 0 Å². The topological polar surface area (TPSA) is 128 Å². The van der Waals surface area contributed by atoms with E-state index in [4.69, 9.17) is 4.74 Å². The summed E-state index contributed by atoms with van der Waals surface area (Å²) in [4.78, 5) is 29.9.